The van der Waals surface area contributed by atoms with Gasteiger partial charge in [0, 0.05) is 17.2 Å². The van der Waals surface area contributed by atoms with Crippen molar-refractivity contribution in [3.8, 4) is 5.75 Å². The summed E-state index contributed by atoms with van der Waals surface area (Å²) in [5, 5.41) is 2.62. The fraction of sp³-hybridized carbons (Fsp3) is 0.259. The molecule has 0 aliphatic heterocycles. The van der Waals surface area contributed by atoms with E-state index in [9.17, 15) is 18.0 Å². The summed E-state index contributed by atoms with van der Waals surface area (Å²) in [5.74, 6) is -0.153. The maximum absolute atomic E-state index is 13.8. The van der Waals surface area contributed by atoms with E-state index in [0.717, 1.165) is 13.4 Å². The Kier molecular flexibility index (Phi) is 9.93. The molecule has 37 heavy (non-hydrogen) atoms. The Hall–Kier alpha value is -3.12. The number of carbonyl (C=O) groups excluding carboxylic acids is 2. The van der Waals surface area contributed by atoms with Crippen LogP contribution >= 0.6 is 22.6 Å². The molecular weight excluding hydrogens is 605 g/mol. The second-order valence-corrected chi connectivity index (χ2v) is 11.3. The number of nitrogens with zero attached hydrogens (tertiary/aromatic N) is 2. The Morgan fingerprint density at radius 3 is 2.14 bits per heavy atom. The van der Waals surface area contributed by atoms with Crippen LogP contribution in [-0.2, 0) is 26.2 Å². The Morgan fingerprint density at radius 1 is 0.973 bits per heavy atom. The highest BCUT2D eigenvalue weighted by molar-refractivity contribution is 14.1. The maximum atomic E-state index is 13.8. The molecule has 2 amide bonds. The van der Waals surface area contributed by atoms with Crippen LogP contribution in [0, 0.1) is 3.57 Å². The van der Waals surface area contributed by atoms with Gasteiger partial charge in [-0.15, -0.1) is 0 Å². The van der Waals surface area contributed by atoms with E-state index in [2.05, 4.69) is 27.9 Å². The summed E-state index contributed by atoms with van der Waals surface area (Å²) in [6.45, 7) is 1.47. The molecule has 0 fully saturated rings. The first-order valence-electron chi connectivity index (χ1n) is 11.7. The fourth-order valence-corrected chi connectivity index (χ4v) is 5.66. The molecule has 3 aromatic rings. The number of anilines is 1. The van der Waals surface area contributed by atoms with Gasteiger partial charge in [-0.2, -0.15) is 0 Å². The predicted octanol–water partition coefficient (Wildman–Crippen LogP) is 4.05. The van der Waals surface area contributed by atoms with Crippen molar-refractivity contribution in [1.29, 1.82) is 0 Å². The molecule has 0 aliphatic carbocycles. The van der Waals surface area contributed by atoms with E-state index in [0.29, 0.717) is 17.9 Å². The van der Waals surface area contributed by atoms with Crippen molar-refractivity contribution >= 4 is 50.1 Å². The van der Waals surface area contributed by atoms with Crippen molar-refractivity contribution in [2.45, 2.75) is 30.8 Å². The lowest BCUT2D eigenvalue weighted by Crippen LogP contribution is -2.51. The third-order valence-corrected chi connectivity index (χ3v) is 8.38. The van der Waals surface area contributed by atoms with Crippen molar-refractivity contribution in [1.82, 2.24) is 10.2 Å². The van der Waals surface area contributed by atoms with Crippen molar-refractivity contribution in [2.24, 2.45) is 0 Å². The molecule has 0 heterocycles. The van der Waals surface area contributed by atoms with Crippen molar-refractivity contribution in [3.63, 3.8) is 0 Å². The van der Waals surface area contributed by atoms with E-state index in [-0.39, 0.29) is 17.3 Å². The summed E-state index contributed by atoms with van der Waals surface area (Å²) in [7, 11) is -0.991. The summed E-state index contributed by atoms with van der Waals surface area (Å²) < 4.78 is 34.6. The highest BCUT2D eigenvalue weighted by atomic mass is 127. The van der Waals surface area contributed by atoms with Gasteiger partial charge in [-0.1, -0.05) is 37.3 Å². The van der Waals surface area contributed by atoms with Gasteiger partial charge in [0.05, 0.1) is 17.7 Å². The van der Waals surface area contributed by atoms with E-state index in [1.807, 2.05) is 19.1 Å². The van der Waals surface area contributed by atoms with Crippen LogP contribution in [0.25, 0.3) is 0 Å². The average Bonchev–Trinajstić information content (AvgIpc) is 2.92. The maximum Gasteiger partial charge on any atom is 0.264 e. The lowest BCUT2D eigenvalue weighted by molar-refractivity contribution is -0.140. The summed E-state index contributed by atoms with van der Waals surface area (Å²) in [6.07, 6.45) is 0.358. The predicted molar refractivity (Wildman–Crippen MR) is 152 cm³/mol. The second-order valence-electron chi connectivity index (χ2n) is 8.21. The summed E-state index contributed by atoms with van der Waals surface area (Å²) in [6, 6.07) is 21.3. The van der Waals surface area contributed by atoms with Crippen LogP contribution in [0.3, 0.4) is 0 Å². The third-order valence-electron chi connectivity index (χ3n) is 5.87. The first-order valence-corrected chi connectivity index (χ1v) is 14.2. The molecule has 0 saturated carbocycles. The lowest BCUT2D eigenvalue weighted by Gasteiger charge is -2.33. The van der Waals surface area contributed by atoms with Crippen LogP contribution in [0.1, 0.15) is 18.9 Å². The number of rotatable bonds is 11. The van der Waals surface area contributed by atoms with Gasteiger partial charge in [0.15, 0.2) is 0 Å². The Morgan fingerprint density at radius 2 is 1.59 bits per heavy atom. The molecule has 3 aromatic carbocycles. The second kappa shape index (κ2) is 12.9. The van der Waals surface area contributed by atoms with E-state index < -0.39 is 28.5 Å². The molecule has 0 saturated heterocycles. The number of carbonyl (C=O) groups is 2. The van der Waals surface area contributed by atoms with Gasteiger partial charge in [-0.05, 0) is 83.1 Å². The summed E-state index contributed by atoms with van der Waals surface area (Å²) in [5.41, 5.74) is 1.14. The van der Waals surface area contributed by atoms with E-state index in [1.54, 1.807) is 61.7 Å². The minimum atomic E-state index is -4.07. The number of nitrogens with one attached hydrogen (secondary N) is 1. The number of methoxy groups -OCH3 is 1. The summed E-state index contributed by atoms with van der Waals surface area (Å²) >= 11 is 2.13. The van der Waals surface area contributed by atoms with Gasteiger partial charge in [-0.25, -0.2) is 8.42 Å². The average molecular weight is 636 g/mol. The number of benzene rings is 3. The van der Waals surface area contributed by atoms with E-state index in [4.69, 9.17) is 4.74 Å². The van der Waals surface area contributed by atoms with Crippen molar-refractivity contribution in [2.75, 3.05) is 25.0 Å². The number of amides is 2. The Bertz CT molecular complexity index is 1300. The number of sulfonamides is 1. The van der Waals surface area contributed by atoms with Crippen molar-refractivity contribution < 1.29 is 22.7 Å². The number of likely N-dealkylation sites (N-methyl/N-ethyl adjacent to an activating group) is 1. The van der Waals surface area contributed by atoms with Crippen LogP contribution in [0.4, 0.5) is 5.69 Å². The molecule has 0 bridgehead atoms. The smallest absolute Gasteiger partial charge is 0.264 e. The SMILES string of the molecule is CC[C@H](C(=O)NC)N(Cc1ccc(OC)cc1)C(=O)CN(c1ccc(I)cc1)S(=O)(=O)c1ccccc1. The van der Waals surface area contributed by atoms with Crippen LogP contribution in [0.15, 0.2) is 83.8 Å². The molecule has 8 nitrogen and oxygen atoms in total. The van der Waals surface area contributed by atoms with E-state index >= 15 is 0 Å². The third kappa shape index (κ3) is 7.01. The zero-order chi connectivity index (χ0) is 27.0. The fourth-order valence-electron chi connectivity index (χ4n) is 3.87. The molecule has 0 spiro atoms. The minimum absolute atomic E-state index is 0.0707. The standard InChI is InChI=1S/C27H30IN3O5S/c1-4-25(27(33)29-2)30(18-20-10-16-23(36-3)17-11-20)26(32)19-31(22-14-12-21(28)13-15-22)37(34,35)24-8-6-5-7-9-24/h5-17,25H,4,18-19H2,1-3H3,(H,29,33)/t25-/m1/s1. The number of hydrogen-bond acceptors (Lipinski definition) is 5. The van der Waals surface area contributed by atoms with Crippen LogP contribution in [-0.4, -0.2) is 51.9 Å². The molecule has 0 aromatic heterocycles. The molecule has 1 N–H and O–H groups in total. The van der Waals surface area contributed by atoms with Gasteiger partial charge in [0.2, 0.25) is 11.8 Å². The topological polar surface area (TPSA) is 96.0 Å². The largest absolute Gasteiger partial charge is 0.497 e. The van der Waals surface area contributed by atoms with Crippen LogP contribution in [0.5, 0.6) is 5.75 Å². The first-order chi connectivity index (χ1) is 17.7. The lowest BCUT2D eigenvalue weighted by atomic mass is 10.1. The monoisotopic (exact) mass is 635 g/mol. The first kappa shape index (κ1) is 28.5. The molecule has 3 rings (SSSR count). The normalized spacial score (nSPS) is 11.9. The zero-order valence-corrected chi connectivity index (χ0v) is 23.9. The highest BCUT2D eigenvalue weighted by Crippen LogP contribution is 2.25. The number of ether oxygens (including phenoxy) is 1. The van der Waals surface area contributed by atoms with Crippen molar-refractivity contribution in [3.05, 3.63) is 88.0 Å². The summed E-state index contributed by atoms with van der Waals surface area (Å²) in [4.78, 5) is 28.1. The molecular formula is C27H30IN3O5S. The molecule has 0 unspecified atom stereocenters. The number of hydrogen-bond donors (Lipinski definition) is 1. The molecule has 0 aliphatic rings. The van der Waals surface area contributed by atoms with E-state index in [1.165, 1.54) is 24.1 Å². The van der Waals surface area contributed by atoms with Gasteiger partial charge >= 0.3 is 0 Å². The van der Waals surface area contributed by atoms with Gasteiger partial charge in [0.1, 0.15) is 18.3 Å². The Balaban J connectivity index is 2.02. The van der Waals surface area contributed by atoms with Gasteiger partial charge in [0.25, 0.3) is 10.0 Å². The molecule has 10 heteroatoms. The number of halogens is 1. The van der Waals surface area contributed by atoms with Gasteiger partial charge < -0.3 is 15.0 Å². The zero-order valence-electron chi connectivity index (χ0n) is 20.9. The Labute approximate surface area is 231 Å². The molecule has 0 radical (unpaired) electrons. The quantitative estimate of drug-likeness (QED) is 0.321. The molecule has 1 atom stereocenters. The molecule has 196 valence electrons. The van der Waals surface area contributed by atoms with Crippen LogP contribution < -0.4 is 14.4 Å². The van der Waals surface area contributed by atoms with Crippen LogP contribution in [0.2, 0.25) is 0 Å². The highest BCUT2D eigenvalue weighted by Gasteiger charge is 2.33. The van der Waals surface area contributed by atoms with Gasteiger partial charge in [-0.3, -0.25) is 13.9 Å². The minimum Gasteiger partial charge on any atom is -0.497 e.